The van der Waals surface area contributed by atoms with Gasteiger partial charge in [-0.05, 0) is 37.5 Å². The van der Waals surface area contributed by atoms with Crippen LogP contribution in [0.1, 0.15) is 179 Å². The molecule has 2 atom stereocenters. The van der Waals surface area contributed by atoms with Gasteiger partial charge in [-0.25, -0.2) is 9.69 Å². The summed E-state index contributed by atoms with van der Waals surface area (Å²) in [5.41, 5.74) is -2.22. The van der Waals surface area contributed by atoms with Crippen LogP contribution in [0.4, 0.5) is 10.0 Å². The second kappa shape index (κ2) is 24.4. The van der Waals surface area contributed by atoms with Crippen LogP contribution in [0, 0.1) is 47.6 Å². The van der Waals surface area contributed by atoms with Crippen molar-refractivity contribution in [1.82, 2.24) is 9.13 Å². The molecule has 4 heterocycles. The number of rotatable bonds is 26. The van der Waals surface area contributed by atoms with Crippen LogP contribution in [0.2, 0.25) is 0 Å². The smallest absolute Gasteiger partial charge is 0.262 e. The van der Waals surface area contributed by atoms with E-state index in [1.54, 1.807) is 0 Å². The molecule has 0 amide bonds. The Morgan fingerprint density at radius 1 is 0.439 bits per heavy atom. The van der Waals surface area contributed by atoms with Crippen LogP contribution < -0.4 is 22.2 Å². The minimum atomic E-state index is -0.559. The summed E-state index contributed by atoms with van der Waals surface area (Å²) in [6.07, 6.45) is 23.4. The predicted molar refractivity (Wildman–Crippen MR) is 280 cm³/mol. The quantitative estimate of drug-likeness (QED) is 0.0230. The summed E-state index contributed by atoms with van der Waals surface area (Å²) in [6.45, 7) is 25.1. The molecule has 0 radical (unpaired) electrons. The minimum Gasteiger partial charge on any atom is -0.274 e. The van der Waals surface area contributed by atoms with E-state index in [9.17, 15) is 10.5 Å². The molecular formula is C52H62N6O4S4. The van der Waals surface area contributed by atoms with Crippen LogP contribution in [0.25, 0.3) is 60.8 Å². The molecule has 0 saturated heterocycles. The van der Waals surface area contributed by atoms with E-state index in [2.05, 4.69) is 49.5 Å². The molecule has 0 aliphatic carbocycles. The fraction of sp³-hybridized carbons (Fsp3) is 0.577. The summed E-state index contributed by atoms with van der Waals surface area (Å²) in [6, 6.07) is 4.28. The average Bonchev–Trinajstić information content (AvgIpc) is 3.33. The molecule has 0 aliphatic heterocycles. The van der Waals surface area contributed by atoms with Gasteiger partial charge in [0.25, 0.3) is 32.2 Å². The molecule has 0 spiro atoms. The number of hydrogen-bond donors (Lipinski definition) is 0. The van der Waals surface area contributed by atoms with E-state index in [1.807, 2.05) is 0 Å². The molecular weight excluding hydrogens is 901 g/mol. The third-order valence-electron chi connectivity index (χ3n) is 13.3. The molecule has 14 heteroatoms. The molecule has 2 unspecified atom stereocenters. The van der Waals surface area contributed by atoms with E-state index >= 15 is 19.2 Å². The maximum Gasteiger partial charge on any atom is 0.262 e. The monoisotopic (exact) mass is 962 g/mol. The maximum atomic E-state index is 15.4. The molecule has 0 saturated carbocycles. The van der Waals surface area contributed by atoms with Crippen LogP contribution in [0.3, 0.4) is 0 Å². The van der Waals surface area contributed by atoms with Gasteiger partial charge in [-0.1, -0.05) is 143 Å². The zero-order valence-corrected chi connectivity index (χ0v) is 42.3. The lowest BCUT2D eigenvalue weighted by Crippen LogP contribution is -2.38. The topological polar surface area (TPSA) is 134 Å². The summed E-state index contributed by atoms with van der Waals surface area (Å²) >= 11 is 3.89. The second-order valence-electron chi connectivity index (χ2n) is 18.0. The first-order valence-electron chi connectivity index (χ1n) is 24.3. The SMILES string of the molecule is [C-]#[N+]c1sc2c(sc1[N+]#[C-])c1c(=O)n(CC(CCCC)CCCCCCCCCCCC)c(=O)c3c4sc(C#N)c(C#N)sc4c4c(=O)n(CC(CCCC)CCCCCC)c(=O)c2c4c31. The van der Waals surface area contributed by atoms with E-state index in [0.29, 0.717) is 18.8 Å². The van der Waals surface area contributed by atoms with Crippen molar-refractivity contribution in [2.75, 3.05) is 0 Å². The van der Waals surface area contributed by atoms with Gasteiger partial charge < -0.3 is 0 Å². The van der Waals surface area contributed by atoms with Crippen molar-refractivity contribution in [2.45, 2.75) is 182 Å². The van der Waals surface area contributed by atoms with Crippen LogP contribution in [0.15, 0.2) is 19.2 Å². The number of nitriles is 2. The van der Waals surface area contributed by atoms with E-state index in [0.717, 1.165) is 142 Å². The highest BCUT2D eigenvalue weighted by Gasteiger charge is 2.31. The maximum absolute atomic E-state index is 15.4. The van der Waals surface area contributed by atoms with Crippen molar-refractivity contribution in [3.05, 3.63) is 74.0 Å². The number of unbranched alkanes of at least 4 members (excludes halogenated alkanes) is 14. The summed E-state index contributed by atoms with van der Waals surface area (Å²) in [5, 5.41) is 21.7. The van der Waals surface area contributed by atoms with E-state index < -0.39 is 22.2 Å². The zero-order valence-electron chi connectivity index (χ0n) is 39.1. The molecule has 0 fully saturated rings. The lowest BCUT2D eigenvalue weighted by molar-refractivity contribution is 0.355. The van der Waals surface area contributed by atoms with Crippen LogP contribution >= 0.6 is 45.3 Å². The predicted octanol–water partition coefficient (Wildman–Crippen LogP) is 15.5. The molecule has 0 aliphatic rings. The van der Waals surface area contributed by atoms with E-state index in [4.69, 9.17) is 13.1 Å². The highest BCUT2D eigenvalue weighted by molar-refractivity contribution is 7.35. The Kier molecular flexibility index (Phi) is 18.7. The zero-order chi connectivity index (χ0) is 47.3. The minimum absolute atomic E-state index is 0.0311. The Balaban J connectivity index is 1.65. The van der Waals surface area contributed by atoms with Crippen LogP contribution in [0.5, 0.6) is 0 Å². The number of aromatic nitrogens is 2. The Labute approximate surface area is 403 Å². The number of hydrogen-bond acceptors (Lipinski definition) is 10. The lowest BCUT2D eigenvalue weighted by Gasteiger charge is -2.22. The highest BCUT2D eigenvalue weighted by atomic mass is 32.1. The van der Waals surface area contributed by atoms with Crippen molar-refractivity contribution in [3.63, 3.8) is 0 Å². The van der Waals surface area contributed by atoms with Gasteiger partial charge in [-0.15, -0.1) is 22.7 Å². The molecule has 66 heavy (non-hydrogen) atoms. The highest BCUT2D eigenvalue weighted by Crippen LogP contribution is 2.50. The van der Waals surface area contributed by atoms with Gasteiger partial charge in [0.2, 0.25) is 0 Å². The van der Waals surface area contributed by atoms with Crippen molar-refractivity contribution >= 4 is 106 Å². The standard InChI is InChI=1S/C52H62N6O4S4/c1-7-11-15-17-18-19-20-21-22-24-28-34(26-14-10-4)32-58-50(60)40-38-37-39(43-44(40)64-36(30-54)35(29-53)63-43)49(59)57(31-33(25-13-9-3)27-23-16-12-8-2)51(61)41(37)45-46(42(38)52(58)62)66-48(56-6)47(55-5)65-45/h33-34H,7-28,31-32H2,1-4H3. The Bertz CT molecular complexity index is 2950. The number of nitrogens with zero attached hydrogens (tertiary/aromatic N) is 6. The normalized spacial score (nSPS) is 12.5. The van der Waals surface area contributed by atoms with E-state index in [-0.39, 0.29) is 77.0 Å². The van der Waals surface area contributed by atoms with Crippen molar-refractivity contribution in [3.8, 4) is 12.1 Å². The molecule has 0 bridgehead atoms. The van der Waals surface area contributed by atoms with Crippen molar-refractivity contribution < 1.29 is 0 Å². The van der Waals surface area contributed by atoms with Gasteiger partial charge >= 0.3 is 0 Å². The molecule has 4 aromatic heterocycles. The molecule has 10 nitrogen and oxygen atoms in total. The summed E-state index contributed by atoms with van der Waals surface area (Å²) in [4.78, 5) is 68.8. The fourth-order valence-electron chi connectivity index (χ4n) is 9.72. The van der Waals surface area contributed by atoms with E-state index in [1.165, 1.54) is 54.1 Å². The third kappa shape index (κ3) is 10.7. The van der Waals surface area contributed by atoms with Crippen molar-refractivity contribution in [2.24, 2.45) is 11.8 Å². The van der Waals surface area contributed by atoms with Crippen molar-refractivity contribution in [1.29, 1.82) is 10.5 Å². The molecule has 2 aromatic carbocycles. The first-order valence-corrected chi connectivity index (χ1v) is 27.6. The van der Waals surface area contributed by atoms with Crippen LogP contribution in [-0.4, -0.2) is 9.13 Å². The number of pyridine rings is 2. The summed E-state index contributed by atoms with van der Waals surface area (Å²) in [7, 11) is 0. The summed E-state index contributed by atoms with van der Waals surface area (Å²) in [5.74, 6) is 0.0633. The first kappa shape index (κ1) is 50.7. The van der Waals surface area contributed by atoms with Crippen LogP contribution in [-0.2, 0) is 13.1 Å². The van der Waals surface area contributed by atoms with Gasteiger partial charge in [-0.3, -0.25) is 28.3 Å². The molecule has 6 rings (SSSR count). The molecule has 348 valence electrons. The number of benzene rings is 2. The Morgan fingerprint density at radius 2 is 0.727 bits per heavy atom. The lowest BCUT2D eigenvalue weighted by atomic mass is 9.93. The second-order valence-corrected chi connectivity index (χ2v) is 22.0. The average molecular weight is 963 g/mol. The summed E-state index contributed by atoms with van der Waals surface area (Å²) < 4.78 is 3.96. The third-order valence-corrected chi connectivity index (χ3v) is 18.2. The van der Waals surface area contributed by atoms with Gasteiger partial charge in [0.05, 0.1) is 44.1 Å². The molecule has 0 N–H and O–H groups in total. The number of fused-ring (bicyclic) bond motifs is 6. The molecule has 6 aromatic rings. The first-order chi connectivity index (χ1) is 32.1. The van der Waals surface area contributed by atoms with Gasteiger partial charge in [0, 0.05) is 33.3 Å². The Morgan fingerprint density at radius 3 is 1.05 bits per heavy atom. The Hall–Kier alpha value is -4.70. The van der Waals surface area contributed by atoms with Gasteiger partial charge in [0.15, 0.2) is 0 Å². The van der Waals surface area contributed by atoms with Gasteiger partial charge in [-0.2, -0.15) is 33.2 Å². The van der Waals surface area contributed by atoms with Gasteiger partial charge in [0.1, 0.15) is 21.9 Å². The fourth-order valence-corrected chi connectivity index (χ4v) is 14.2. The largest absolute Gasteiger partial charge is 0.274 e.